The topological polar surface area (TPSA) is 50.4 Å². The number of hydrogen-bond acceptors (Lipinski definition) is 3. The van der Waals surface area contributed by atoms with Crippen LogP contribution in [0.25, 0.3) is 0 Å². The molecule has 1 amide bonds. The number of anilines is 1. The van der Waals surface area contributed by atoms with Crippen molar-refractivity contribution in [1.29, 1.82) is 0 Å². The Kier molecular flexibility index (Phi) is 7.58. The zero-order chi connectivity index (χ0) is 20.7. The van der Waals surface area contributed by atoms with E-state index in [4.69, 9.17) is 17.0 Å². The van der Waals surface area contributed by atoms with Crippen LogP contribution in [-0.4, -0.2) is 17.6 Å². The van der Waals surface area contributed by atoms with Crippen LogP contribution in [0.5, 0.6) is 5.75 Å². The van der Waals surface area contributed by atoms with Gasteiger partial charge in [0.1, 0.15) is 5.75 Å². The molecule has 150 valence electrons. The van der Waals surface area contributed by atoms with Crippen LogP contribution < -0.4 is 15.4 Å². The fourth-order valence-corrected chi connectivity index (χ4v) is 2.95. The number of thiocarbonyl (C=S) groups is 1. The molecule has 0 atom stereocenters. The number of carbonyl (C=O) groups is 1. The Bertz CT molecular complexity index is 829. The van der Waals surface area contributed by atoms with E-state index < -0.39 is 5.41 Å². The van der Waals surface area contributed by atoms with Gasteiger partial charge in [0.2, 0.25) is 5.91 Å². The Balaban J connectivity index is 1.79. The van der Waals surface area contributed by atoms with Crippen LogP contribution in [0.15, 0.2) is 42.5 Å². The summed E-state index contributed by atoms with van der Waals surface area (Å²) >= 11 is 5.27. The van der Waals surface area contributed by atoms with E-state index in [1.807, 2.05) is 65.0 Å². The number of benzene rings is 2. The number of nitrogens with one attached hydrogen (secondary N) is 2. The molecule has 0 unspecified atom stereocenters. The van der Waals surface area contributed by atoms with Crippen LogP contribution >= 0.6 is 12.2 Å². The first-order chi connectivity index (χ1) is 13.2. The van der Waals surface area contributed by atoms with Crippen molar-refractivity contribution < 1.29 is 9.53 Å². The Hall–Kier alpha value is -2.40. The van der Waals surface area contributed by atoms with Gasteiger partial charge in [-0.1, -0.05) is 43.7 Å². The van der Waals surface area contributed by atoms with E-state index >= 15 is 0 Å². The SMILES string of the molecule is Cc1ccc(NC(=S)NC(=O)C(C)(C)CCCOc2cc(C)ccc2C)cc1. The second-order valence-corrected chi connectivity index (χ2v) is 8.29. The molecule has 0 bridgehead atoms. The molecule has 0 saturated heterocycles. The minimum atomic E-state index is -0.538. The van der Waals surface area contributed by atoms with E-state index in [0.29, 0.717) is 18.1 Å². The first-order valence-electron chi connectivity index (χ1n) is 9.56. The Morgan fingerprint density at radius 3 is 2.36 bits per heavy atom. The predicted molar refractivity (Wildman–Crippen MR) is 120 cm³/mol. The number of rotatable bonds is 7. The molecule has 4 nitrogen and oxygen atoms in total. The molecule has 0 fully saturated rings. The van der Waals surface area contributed by atoms with Gasteiger partial charge in [-0.05, 0) is 75.2 Å². The largest absolute Gasteiger partial charge is 0.493 e. The number of carbonyl (C=O) groups excluding carboxylic acids is 1. The van der Waals surface area contributed by atoms with Crippen LogP contribution in [0.4, 0.5) is 5.69 Å². The Morgan fingerprint density at radius 2 is 1.68 bits per heavy atom. The Labute approximate surface area is 173 Å². The summed E-state index contributed by atoms with van der Waals surface area (Å²) in [4.78, 5) is 12.6. The van der Waals surface area contributed by atoms with Gasteiger partial charge in [0, 0.05) is 11.1 Å². The van der Waals surface area contributed by atoms with Gasteiger partial charge >= 0.3 is 0 Å². The summed E-state index contributed by atoms with van der Waals surface area (Å²) in [5.41, 5.74) is 3.79. The first-order valence-corrected chi connectivity index (χ1v) is 9.97. The number of ether oxygens (including phenoxy) is 1. The molecular formula is C23H30N2O2S. The fraction of sp³-hybridized carbons (Fsp3) is 0.391. The molecule has 28 heavy (non-hydrogen) atoms. The standard InChI is InChI=1S/C23H30N2O2S/c1-16-8-11-19(12-9-16)24-22(28)25-21(26)23(4,5)13-6-14-27-20-15-17(2)7-10-18(20)3/h7-12,15H,6,13-14H2,1-5H3,(H2,24,25,26,28). The number of aryl methyl sites for hydroxylation is 3. The summed E-state index contributed by atoms with van der Waals surface area (Å²) in [5, 5.41) is 6.16. The van der Waals surface area contributed by atoms with Crippen molar-refractivity contribution in [3.63, 3.8) is 0 Å². The zero-order valence-electron chi connectivity index (χ0n) is 17.4. The lowest BCUT2D eigenvalue weighted by Crippen LogP contribution is -2.42. The lowest BCUT2D eigenvalue weighted by molar-refractivity contribution is -0.128. The number of amides is 1. The molecule has 0 heterocycles. The van der Waals surface area contributed by atoms with E-state index in [1.165, 1.54) is 11.1 Å². The summed E-state index contributed by atoms with van der Waals surface area (Å²) < 4.78 is 5.89. The van der Waals surface area contributed by atoms with Crippen LogP contribution in [0.2, 0.25) is 0 Å². The van der Waals surface area contributed by atoms with E-state index in [9.17, 15) is 4.79 Å². The normalized spacial score (nSPS) is 11.0. The summed E-state index contributed by atoms with van der Waals surface area (Å²) in [6.45, 7) is 10.5. The molecule has 0 aliphatic carbocycles. The maximum atomic E-state index is 12.6. The molecule has 2 rings (SSSR count). The monoisotopic (exact) mass is 398 g/mol. The summed E-state index contributed by atoms with van der Waals surface area (Å²) in [6.07, 6.45) is 1.49. The second kappa shape index (κ2) is 9.69. The van der Waals surface area contributed by atoms with Gasteiger partial charge in [0.15, 0.2) is 5.11 Å². The smallest absolute Gasteiger partial charge is 0.231 e. The summed E-state index contributed by atoms with van der Waals surface area (Å²) in [7, 11) is 0. The Morgan fingerprint density at radius 1 is 1.04 bits per heavy atom. The van der Waals surface area contributed by atoms with Crippen LogP contribution in [0.1, 0.15) is 43.4 Å². The van der Waals surface area contributed by atoms with E-state index in [0.717, 1.165) is 23.4 Å². The zero-order valence-corrected chi connectivity index (χ0v) is 18.2. The average Bonchev–Trinajstić information content (AvgIpc) is 2.63. The molecular weight excluding hydrogens is 368 g/mol. The van der Waals surface area contributed by atoms with E-state index in [1.54, 1.807) is 0 Å². The van der Waals surface area contributed by atoms with Crippen LogP contribution in [0.3, 0.4) is 0 Å². The van der Waals surface area contributed by atoms with E-state index in [-0.39, 0.29) is 5.91 Å². The van der Waals surface area contributed by atoms with Gasteiger partial charge in [0.05, 0.1) is 6.61 Å². The van der Waals surface area contributed by atoms with Gasteiger partial charge in [-0.25, -0.2) is 0 Å². The molecule has 5 heteroatoms. The van der Waals surface area contributed by atoms with Crippen molar-refractivity contribution in [3.05, 3.63) is 59.2 Å². The molecule has 2 aromatic carbocycles. The first kappa shape index (κ1) is 21.9. The molecule has 0 radical (unpaired) electrons. The van der Waals surface area contributed by atoms with Crippen molar-refractivity contribution in [1.82, 2.24) is 5.32 Å². The summed E-state index contributed by atoms with van der Waals surface area (Å²) in [5.74, 6) is 0.814. The third-order valence-electron chi connectivity index (χ3n) is 4.70. The van der Waals surface area contributed by atoms with E-state index in [2.05, 4.69) is 22.8 Å². The highest BCUT2D eigenvalue weighted by Gasteiger charge is 2.27. The molecule has 0 saturated carbocycles. The predicted octanol–water partition coefficient (Wildman–Crippen LogP) is 5.31. The maximum absolute atomic E-state index is 12.6. The third kappa shape index (κ3) is 6.64. The lowest BCUT2D eigenvalue weighted by Gasteiger charge is -2.24. The van der Waals surface area contributed by atoms with Crippen molar-refractivity contribution in [2.45, 2.75) is 47.5 Å². The highest BCUT2D eigenvalue weighted by molar-refractivity contribution is 7.80. The second-order valence-electron chi connectivity index (χ2n) is 7.88. The minimum absolute atomic E-state index is 0.0937. The highest BCUT2D eigenvalue weighted by Crippen LogP contribution is 2.24. The van der Waals surface area contributed by atoms with Gasteiger partial charge in [-0.15, -0.1) is 0 Å². The average molecular weight is 399 g/mol. The van der Waals surface area contributed by atoms with Crippen molar-refractivity contribution in [2.24, 2.45) is 5.41 Å². The van der Waals surface area contributed by atoms with Crippen LogP contribution in [-0.2, 0) is 4.79 Å². The fourth-order valence-electron chi connectivity index (χ4n) is 2.74. The molecule has 0 aliphatic rings. The van der Waals surface area contributed by atoms with Crippen molar-refractivity contribution in [3.8, 4) is 5.75 Å². The molecule has 0 spiro atoms. The molecule has 0 aliphatic heterocycles. The van der Waals surface area contributed by atoms with Gasteiger partial charge in [0.25, 0.3) is 0 Å². The van der Waals surface area contributed by atoms with Gasteiger partial charge in [-0.3, -0.25) is 4.79 Å². The number of hydrogen-bond donors (Lipinski definition) is 2. The maximum Gasteiger partial charge on any atom is 0.231 e. The highest BCUT2D eigenvalue weighted by atomic mass is 32.1. The summed E-state index contributed by atoms with van der Waals surface area (Å²) in [6, 6.07) is 14.0. The quantitative estimate of drug-likeness (QED) is 0.490. The minimum Gasteiger partial charge on any atom is -0.493 e. The molecule has 0 aromatic heterocycles. The molecule has 2 N–H and O–H groups in total. The van der Waals surface area contributed by atoms with Crippen molar-refractivity contribution in [2.75, 3.05) is 11.9 Å². The van der Waals surface area contributed by atoms with Crippen LogP contribution in [0, 0.1) is 26.2 Å². The lowest BCUT2D eigenvalue weighted by atomic mass is 9.87. The third-order valence-corrected chi connectivity index (χ3v) is 4.90. The van der Waals surface area contributed by atoms with Gasteiger partial charge in [-0.2, -0.15) is 0 Å². The van der Waals surface area contributed by atoms with Gasteiger partial charge < -0.3 is 15.4 Å². The molecule has 2 aromatic rings. The van der Waals surface area contributed by atoms with Crippen molar-refractivity contribution >= 4 is 28.9 Å².